The van der Waals surface area contributed by atoms with Crippen molar-refractivity contribution in [2.24, 2.45) is 5.41 Å². The number of carbonyl (C=O) groups is 1. The fourth-order valence-electron chi connectivity index (χ4n) is 0.822. The van der Waals surface area contributed by atoms with Gasteiger partial charge in [0.05, 0.1) is 11.6 Å². The highest BCUT2D eigenvalue weighted by Crippen LogP contribution is 2.14. The van der Waals surface area contributed by atoms with Gasteiger partial charge in [-0.15, -0.1) is 0 Å². The molecule has 0 fully saturated rings. The third kappa shape index (κ3) is 2.80. The zero-order chi connectivity index (χ0) is 12.4. The second kappa shape index (κ2) is 4.22. The minimum atomic E-state index is -3.72. The molecule has 1 aromatic heterocycles. The number of nitrogens with one attached hydrogen (secondary N) is 2. The van der Waals surface area contributed by atoms with E-state index >= 15 is 0 Å². The maximum absolute atomic E-state index is 11.6. The quantitative estimate of drug-likeness (QED) is 0.667. The van der Waals surface area contributed by atoms with Crippen LogP contribution in [0.5, 0.6) is 0 Å². The monoisotopic (exact) mass is 247 g/mol. The van der Waals surface area contributed by atoms with Gasteiger partial charge in [0.2, 0.25) is 0 Å². The van der Waals surface area contributed by atoms with E-state index in [0.717, 1.165) is 0 Å². The molecule has 0 spiro atoms. The van der Waals surface area contributed by atoms with Crippen LogP contribution in [-0.4, -0.2) is 36.2 Å². The van der Waals surface area contributed by atoms with Crippen molar-refractivity contribution in [3.8, 4) is 0 Å². The molecule has 0 bridgehead atoms. The topological polar surface area (TPSA) is 112 Å². The van der Waals surface area contributed by atoms with Crippen LogP contribution in [-0.2, 0) is 14.8 Å². The fraction of sp³-hybridized carbons (Fsp3) is 0.500. The van der Waals surface area contributed by atoms with Crippen LogP contribution < -0.4 is 4.72 Å². The minimum absolute atomic E-state index is 0.0892. The number of H-pyrrole nitrogens is 1. The van der Waals surface area contributed by atoms with Crippen molar-refractivity contribution in [3.05, 3.63) is 12.3 Å². The van der Waals surface area contributed by atoms with Crippen LogP contribution >= 0.6 is 0 Å². The molecule has 0 aliphatic carbocycles. The van der Waals surface area contributed by atoms with E-state index in [2.05, 4.69) is 14.9 Å². The number of carboxylic acids is 1. The van der Waals surface area contributed by atoms with E-state index in [4.69, 9.17) is 5.11 Å². The van der Waals surface area contributed by atoms with Crippen LogP contribution in [0.25, 0.3) is 0 Å². The number of aliphatic carboxylic acids is 1. The average Bonchev–Trinajstić information content (AvgIpc) is 2.68. The van der Waals surface area contributed by atoms with Crippen LogP contribution in [0.3, 0.4) is 0 Å². The van der Waals surface area contributed by atoms with Gasteiger partial charge in [-0.25, -0.2) is 13.1 Å². The molecular weight excluding hydrogens is 234 g/mol. The summed E-state index contributed by atoms with van der Waals surface area (Å²) in [6.07, 6.45) is 1.30. The lowest BCUT2D eigenvalue weighted by molar-refractivity contribution is -0.146. The van der Waals surface area contributed by atoms with Crippen LogP contribution in [0.2, 0.25) is 0 Å². The SMILES string of the molecule is CC(C)(CNS(=O)(=O)c1ccn[nH]1)C(=O)O. The Hall–Kier alpha value is -1.41. The summed E-state index contributed by atoms with van der Waals surface area (Å²) in [4.78, 5) is 10.8. The van der Waals surface area contributed by atoms with Gasteiger partial charge in [0, 0.05) is 6.54 Å². The van der Waals surface area contributed by atoms with Crippen molar-refractivity contribution in [3.63, 3.8) is 0 Å². The second-order valence-corrected chi connectivity index (χ2v) is 5.67. The van der Waals surface area contributed by atoms with Crippen molar-refractivity contribution >= 4 is 16.0 Å². The largest absolute Gasteiger partial charge is 0.481 e. The molecule has 1 rings (SSSR count). The van der Waals surface area contributed by atoms with E-state index in [1.54, 1.807) is 0 Å². The van der Waals surface area contributed by atoms with Crippen LogP contribution in [0.15, 0.2) is 17.3 Å². The number of aromatic nitrogens is 2. The lowest BCUT2D eigenvalue weighted by Gasteiger charge is -2.18. The zero-order valence-electron chi connectivity index (χ0n) is 8.89. The van der Waals surface area contributed by atoms with Gasteiger partial charge in [-0.05, 0) is 19.9 Å². The predicted octanol–water partition coefficient (Wildman–Crippen LogP) is -0.201. The maximum atomic E-state index is 11.6. The first-order valence-electron chi connectivity index (χ1n) is 4.48. The standard InChI is InChI=1S/C8H13N3O4S/c1-8(2,7(12)13)5-10-16(14,15)6-3-4-9-11-6/h3-4,10H,5H2,1-2H3,(H,9,11)(H,12,13). The zero-order valence-corrected chi connectivity index (χ0v) is 9.71. The normalized spacial score (nSPS) is 12.6. The first-order valence-corrected chi connectivity index (χ1v) is 5.96. The smallest absolute Gasteiger partial charge is 0.310 e. The van der Waals surface area contributed by atoms with E-state index in [1.165, 1.54) is 26.1 Å². The summed E-state index contributed by atoms with van der Waals surface area (Å²) in [7, 11) is -3.72. The molecule has 0 saturated heterocycles. The van der Waals surface area contributed by atoms with E-state index in [0.29, 0.717) is 0 Å². The highest BCUT2D eigenvalue weighted by Gasteiger charge is 2.29. The number of sulfonamides is 1. The second-order valence-electron chi connectivity index (χ2n) is 3.93. The summed E-state index contributed by atoms with van der Waals surface area (Å²) >= 11 is 0. The molecule has 0 aliphatic heterocycles. The minimum Gasteiger partial charge on any atom is -0.481 e. The van der Waals surface area contributed by atoms with Gasteiger partial charge in [-0.3, -0.25) is 9.89 Å². The summed E-state index contributed by atoms with van der Waals surface area (Å²) in [5.74, 6) is -1.07. The molecule has 3 N–H and O–H groups in total. The molecule has 16 heavy (non-hydrogen) atoms. The van der Waals surface area contributed by atoms with Gasteiger partial charge in [0.1, 0.15) is 0 Å². The number of carboxylic acid groups (broad SMARTS) is 1. The molecular formula is C8H13N3O4S. The maximum Gasteiger partial charge on any atom is 0.310 e. The van der Waals surface area contributed by atoms with E-state index in [-0.39, 0.29) is 11.6 Å². The highest BCUT2D eigenvalue weighted by atomic mass is 32.2. The summed E-state index contributed by atoms with van der Waals surface area (Å²) in [6, 6.07) is 1.29. The molecule has 7 nitrogen and oxygen atoms in total. The highest BCUT2D eigenvalue weighted by molar-refractivity contribution is 7.89. The van der Waals surface area contributed by atoms with Crippen LogP contribution in [0.4, 0.5) is 0 Å². The fourth-order valence-corrected chi connectivity index (χ4v) is 1.94. The lowest BCUT2D eigenvalue weighted by atomic mass is 9.95. The number of rotatable bonds is 5. The summed E-state index contributed by atoms with van der Waals surface area (Å²) < 4.78 is 25.4. The van der Waals surface area contributed by atoms with Crippen molar-refractivity contribution in [1.29, 1.82) is 0 Å². The first kappa shape index (κ1) is 12.7. The number of nitrogens with zero attached hydrogens (tertiary/aromatic N) is 1. The van der Waals surface area contributed by atoms with Gasteiger partial charge in [-0.1, -0.05) is 0 Å². The van der Waals surface area contributed by atoms with Gasteiger partial charge in [-0.2, -0.15) is 5.10 Å². The average molecular weight is 247 g/mol. The molecule has 1 aromatic rings. The van der Waals surface area contributed by atoms with Crippen LogP contribution in [0, 0.1) is 5.41 Å². The van der Waals surface area contributed by atoms with Crippen molar-refractivity contribution in [1.82, 2.24) is 14.9 Å². The molecule has 0 aromatic carbocycles. The van der Waals surface area contributed by atoms with E-state index in [1.807, 2.05) is 0 Å². The number of aromatic amines is 1. The van der Waals surface area contributed by atoms with Gasteiger partial charge < -0.3 is 5.11 Å². The Morgan fingerprint density at radius 1 is 1.62 bits per heavy atom. The molecule has 0 atom stereocenters. The van der Waals surface area contributed by atoms with Gasteiger partial charge >= 0.3 is 5.97 Å². The Balaban J connectivity index is 2.74. The van der Waals surface area contributed by atoms with E-state index in [9.17, 15) is 13.2 Å². The third-order valence-corrected chi connectivity index (χ3v) is 3.38. The lowest BCUT2D eigenvalue weighted by Crippen LogP contribution is -2.38. The Labute approximate surface area is 92.9 Å². The van der Waals surface area contributed by atoms with Crippen molar-refractivity contribution in [2.45, 2.75) is 18.9 Å². The molecule has 0 saturated carbocycles. The van der Waals surface area contributed by atoms with Crippen molar-refractivity contribution < 1.29 is 18.3 Å². The molecule has 90 valence electrons. The molecule has 0 radical (unpaired) electrons. The predicted molar refractivity (Wildman–Crippen MR) is 55.2 cm³/mol. The Morgan fingerprint density at radius 3 is 2.69 bits per heavy atom. The first-order chi connectivity index (χ1) is 7.26. The molecule has 0 amide bonds. The third-order valence-electron chi connectivity index (χ3n) is 2.05. The van der Waals surface area contributed by atoms with Gasteiger partial charge in [0.15, 0.2) is 5.03 Å². The summed E-state index contributed by atoms with van der Waals surface area (Å²) in [6.45, 7) is 2.68. The van der Waals surface area contributed by atoms with Gasteiger partial charge in [0.25, 0.3) is 10.0 Å². The number of hydrogen-bond acceptors (Lipinski definition) is 4. The Kier molecular flexibility index (Phi) is 3.34. The van der Waals surface area contributed by atoms with E-state index < -0.39 is 21.4 Å². The van der Waals surface area contributed by atoms with Crippen molar-refractivity contribution in [2.75, 3.05) is 6.54 Å². The molecule has 0 aliphatic rings. The molecule has 8 heteroatoms. The summed E-state index contributed by atoms with van der Waals surface area (Å²) in [5.41, 5.74) is -1.16. The number of hydrogen-bond donors (Lipinski definition) is 3. The van der Waals surface area contributed by atoms with Crippen LogP contribution in [0.1, 0.15) is 13.8 Å². The Morgan fingerprint density at radius 2 is 2.25 bits per heavy atom. The summed E-state index contributed by atoms with van der Waals surface area (Å²) in [5, 5.41) is 14.5. The Bertz CT molecular complexity index is 463. The molecule has 1 heterocycles. The molecule has 0 unspecified atom stereocenters.